The lowest BCUT2D eigenvalue weighted by Gasteiger charge is -2.35. The molecular weight excluding hydrogens is 362 g/mol. The molecule has 1 saturated carbocycles. The number of nitrogens with zero attached hydrogens (tertiary/aromatic N) is 1. The maximum atomic E-state index is 13.7. The molecule has 2 aliphatic rings. The van der Waals surface area contributed by atoms with Gasteiger partial charge in [0.1, 0.15) is 11.6 Å². The Morgan fingerprint density at radius 2 is 1.86 bits per heavy atom. The molecule has 0 spiro atoms. The highest BCUT2D eigenvalue weighted by Gasteiger charge is 2.44. The number of carbonyl (C=O) groups is 1. The Morgan fingerprint density at radius 3 is 2.57 bits per heavy atom. The lowest BCUT2D eigenvalue weighted by molar-refractivity contribution is -0.122. The van der Waals surface area contributed by atoms with E-state index in [0.717, 1.165) is 30.6 Å². The van der Waals surface area contributed by atoms with Crippen LogP contribution in [0, 0.1) is 17.6 Å². The number of halogens is 2. The van der Waals surface area contributed by atoms with Crippen molar-refractivity contribution in [2.45, 2.75) is 18.4 Å². The van der Waals surface area contributed by atoms with Crippen LogP contribution in [0.5, 0.6) is 0 Å². The topological polar surface area (TPSA) is 41.6 Å². The second-order valence-corrected chi connectivity index (χ2v) is 7.46. The van der Waals surface area contributed by atoms with Crippen LogP contribution < -0.4 is 5.32 Å². The van der Waals surface area contributed by atoms with Crippen LogP contribution in [0.2, 0.25) is 0 Å². The minimum atomic E-state index is -0.277. The zero-order valence-electron chi connectivity index (χ0n) is 15.6. The number of amides is 1. The fourth-order valence-electron chi connectivity index (χ4n) is 3.95. The summed E-state index contributed by atoms with van der Waals surface area (Å²) in [7, 11) is 0. The molecule has 0 radical (unpaired) electrons. The highest BCUT2D eigenvalue weighted by atomic mass is 19.1. The van der Waals surface area contributed by atoms with Crippen molar-refractivity contribution in [2.75, 3.05) is 32.8 Å². The van der Waals surface area contributed by atoms with Gasteiger partial charge in [0.2, 0.25) is 5.91 Å². The fraction of sp³-hybridized carbons (Fsp3) is 0.409. The Hall–Kier alpha value is -2.31. The van der Waals surface area contributed by atoms with Crippen molar-refractivity contribution in [3.05, 3.63) is 71.3 Å². The number of hydrogen-bond acceptors (Lipinski definition) is 3. The molecule has 2 fully saturated rings. The standard InChI is InChI=1S/C22H24F2N2O2/c23-17-6-4-15(5-7-17)19-13-20(19)22(27)25-14-21(26-8-10-28-11-9-26)16-2-1-3-18(24)12-16/h1-7,12,19-21H,8-11,13-14H2,(H,25,27). The molecule has 3 unspecified atom stereocenters. The molecule has 6 heteroatoms. The molecule has 0 bridgehead atoms. The molecule has 1 N–H and O–H groups in total. The number of hydrogen-bond donors (Lipinski definition) is 1. The molecule has 2 aromatic rings. The summed E-state index contributed by atoms with van der Waals surface area (Å²) >= 11 is 0. The van der Waals surface area contributed by atoms with E-state index in [4.69, 9.17) is 4.74 Å². The molecular formula is C22H24F2N2O2. The van der Waals surface area contributed by atoms with Gasteiger partial charge in [-0.1, -0.05) is 24.3 Å². The zero-order chi connectivity index (χ0) is 19.5. The number of morpholine rings is 1. The van der Waals surface area contributed by atoms with Crippen molar-refractivity contribution in [2.24, 2.45) is 5.92 Å². The third-order valence-corrected chi connectivity index (χ3v) is 5.61. The van der Waals surface area contributed by atoms with Gasteiger partial charge in [-0.05, 0) is 47.7 Å². The smallest absolute Gasteiger partial charge is 0.223 e. The maximum absolute atomic E-state index is 13.7. The van der Waals surface area contributed by atoms with Crippen molar-refractivity contribution in [1.29, 1.82) is 0 Å². The highest BCUT2D eigenvalue weighted by molar-refractivity contribution is 5.82. The number of ether oxygens (including phenoxy) is 1. The number of nitrogens with one attached hydrogen (secondary N) is 1. The Balaban J connectivity index is 1.40. The first-order chi connectivity index (χ1) is 13.6. The van der Waals surface area contributed by atoms with E-state index in [1.165, 1.54) is 24.3 Å². The van der Waals surface area contributed by atoms with E-state index >= 15 is 0 Å². The predicted octanol–water partition coefficient (Wildman–Crippen LogP) is 3.26. The average Bonchev–Trinajstić information content (AvgIpc) is 3.50. The summed E-state index contributed by atoms with van der Waals surface area (Å²) in [4.78, 5) is 14.9. The molecule has 4 rings (SSSR count). The molecule has 1 amide bonds. The Bertz CT molecular complexity index is 822. The predicted molar refractivity (Wildman–Crippen MR) is 102 cm³/mol. The number of rotatable bonds is 6. The first kappa shape index (κ1) is 19.0. The van der Waals surface area contributed by atoms with Crippen LogP contribution in [-0.2, 0) is 9.53 Å². The van der Waals surface area contributed by atoms with Gasteiger partial charge in [0.05, 0.1) is 19.3 Å². The maximum Gasteiger partial charge on any atom is 0.223 e. The summed E-state index contributed by atoms with van der Waals surface area (Å²) in [6.07, 6.45) is 0.777. The SMILES string of the molecule is O=C(NCC(c1cccc(F)c1)N1CCOCC1)C1CC1c1ccc(F)cc1. The molecule has 3 atom stereocenters. The minimum absolute atomic E-state index is 0.00369. The Labute approximate surface area is 163 Å². The molecule has 28 heavy (non-hydrogen) atoms. The first-order valence-electron chi connectivity index (χ1n) is 9.72. The van der Waals surface area contributed by atoms with Crippen LogP contribution in [0.25, 0.3) is 0 Å². The van der Waals surface area contributed by atoms with Gasteiger partial charge in [0.15, 0.2) is 0 Å². The molecule has 1 aliphatic heterocycles. The van der Waals surface area contributed by atoms with Crippen molar-refractivity contribution < 1.29 is 18.3 Å². The van der Waals surface area contributed by atoms with E-state index < -0.39 is 0 Å². The largest absolute Gasteiger partial charge is 0.379 e. The van der Waals surface area contributed by atoms with Gasteiger partial charge in [-0.3, -0.25) is 9.69 Å². The molecule has 1 aliphatic carbocycles. The number of carbonyl (C=O) groups excluding carboxylic acids is 1. The fourth-order valence-corrected chi connectivity index (χ4v) is 3.95. The van der Waals surface area contributed by atoms with Gasteiger partial charge in [0.25, 0.3) is 0 Å². The lowest BCUT2D eigenvalue weighted by atomic mass is 10.0. The third-order valence-electron chi connectivity index (χ3n) is 5.61. The van der Waals surface area contributed by atoms with Gasteiger partial charge in [0, 0.05) is 25.6 Å². The molecule has 2 aromatic carbocycles. The van der Waals surface area contributed by atoms with Gasteiger partial charge >= 0.3 is 0 Å². The number of benzene rings is 2. The van der Waals surface area contributed by atoms with Crippen LogP contribution in [-0.4, -0.2) is 43.7 Å². The summed E-state index contributed by atoms with van der Waals surface area (Å²) in [5.74, 6) is -0.474. The summed E-state index contributed by atoms with van der Waals surface area (Å²) in [6, 6.07) is 12.8. The van der Waals surface area contributed by atoms with Crippen LogP contribution in [0.4, 0.5) is 8.78 Å². The van der Waals surface area contributed by atoms with Gasteiger partial charge in [-0.15, -0.1) is 0 Å². The van der Waals surface area contributed by atoms with Crippen LogP contribution in [0.15, 0.2) is 48.5 Å². The summed E-state index contributed by atoms with van der Waals surface area (Å²) < 4.78 is 32.2. The summed E-state index contributed by atoms with van der Waals surface area (Å²) in [6.45, 7) is 3.19. The van der Waals surface area contributed by atoms with Crippen molar-refractivity contribution in [1.82, 2.24) is 10.2 Å². The summed E-state index contributed by atoms with van der Waals surface area (Å²) in [5.41, 5.74) is 1.85. The average molecular weight is 386 g/mol. The Morgan fingerprint density at radius 1 is 1.11 bits per heavy atom. The second kappa shape index (κ2) is 8.37. The second-order valence-electron chi connectivity index (χ2n) is 7.46. The van der Waals surface area contributed by atoms with Crippen LogP contribution in [0.3, 0.4) is 0 Å². The van der Waals surface area contributed by atoms with E-state index in [0.29, 0.717) is 19.8 Å². The van der Waals surface area contributed by atoms with E-state index in [-0.39, 0.29) is 35.4 Å². The molecule has 1 saturated heterocycles. The minimum Gasteiger partial charge on any atom is -0.379 e. The van der Waals surface area contributed by atoms with E-state index in [1.807, 2.05) is 6.07 Å². The molecule has 1 heterocycles. The van der Waals surface area contributed by atoms with E-state index in [1.54, 1.807) is 18.2 Å². The van der Waals surface area contributed by atoms with Gasteiger partial charge < -0.3 is 10.1 Å². The van der Waals surface area contributed by atoms with Crippen LogP contribution >= 0.6 is 0 Å². The van der Waals surface area contributed by atoms with E-state index in [9.17, 15) is 13.6 Å². The lowest BCUT2D eigenvalue weighted by Crippen LogP contribution is -2.44. The first-order valence-corrected chi connectivity index (χ1v) is 9.72. The highest BCUT2D eigenvalue weighted by Crippen LogP contribution is 2.47. The normalized spacial score (nSPS) is 23.2. The molecule has 148 valence electrons. The van der Waals surface area contributed by atoms with Gasteiger partial charge in [-0.2, -0.15) is 0 Å². The van der Waals surface area contributed by atoms with E-state index in [2.05, 4.69) is 10.2 Å². The van der Waals surface area contributed by atoms with Crippen molar-refractivity contribution in [3.63, 3.8) is 0 Å². The summed E-state index contributed by atoms with van der Waals surface area (Å²) in [5, 5.41) is 3.05. The third kappa shape index (κ3) is 4.39. The molecule has 0 aromatic heterocycles. The zero-order valence-corrected chi connectivity index (χ0v) is 15.6. The monoisotopic (exact) mass is 386 g/mol. The quantitative estimate of drug-likeness (QED) is 0.829. The Kier molecular flexibility index (Phi) is 5.69. The van der Waals surface area contributed by atoms with Crippen molar-refractivity contribution in [3.8, 4) is 0 Å². The van der Waals surface area contributed by atoms with Gasteiger partial charge in [-0.25, -0.2) is 8.78 Å². The van der Waals surface area contributed by atoms with Crippen LogP contribution in [0.1, 0.15) is 29.5 Å². The molecule has 4 nitrogen and oxygen atoms in total. The van der Waals surface area contributed by atoms with Crippen molar-refractivity contribution >= 4 is 5.91 Å².